The fourth-order valence-corrected chi connectivity index (χ4v) is 5.15. The first-order chi connectivity index (χ1) is 17.0. The van der Waals surface area contributed by atoms with Crippen molar-refractivity contribution in [2.45, 2.75) is 44.8 Å². The Balaban J connectivity index is 0.00000320. The van der Waals surface area contributed by atoms with Gasteiger partial charge in [-0.15, -0.1) is 0 Å². The predicted molar refractivity (Wildman–Crippen MR) is 142 cm³/mol. The number of hydrogen-bond acceptors (Lipinski definition) is 4. The number of ether oxygens (including phenoxy) is 2. The summed E-state index contributed by atoms with van der Waals surface area (Å²) in [6, 6.07) is 14.5. The molecule has 0 atom stereocenters. The van der Waals surface area contributed by atoms with E-state index in [-0.39, 0.29) is 7.33 Å². The van der Waals surface area contributed by atoms with Gasteiger partial charge in [-0.1, -0.05) is 23.2 Å². The molecule has 7 nitrogen and oxygen atoms in total. The van der Waals surface area contributed by atoms with Gasteiger partial charge in [0.25, 0.3) is 5.91 Å². The Morgan fingerprint density at radius 3 is 2.47 bits per heavy atom. The van der Waals surface area contributed by atoms with Crippen molar-refractivity contribution in [3.05, 3.63) is 76.0 Å². The number of amides is 2. The van der Waals surface area contributed by atoms with Gasteiger partial charge in [-0.2, -0.15) is 0 Å². The van der Waals surface area contributed by atoms with Gasteiger partial charge in [-0.05, 0) is 63.2 Å². The molecule has 3 aromatic rings. The molecule has 2 amide bonds. The summed E-state index contributed by atoms with van der Waals surface area (Å²) < 4.78 is 14.1. The maximum absolute atomic E-state index is 13.5. The quantitative estimate of drug-likeness (QED) is 0.391. The van der Waals surface area contributed by atoms with E-state index < -0.39 is 17.3 Å². The fourth-order valence-electron chi connectivity index (χ4n) is 4.81. The third-order valence-corrected chi connectivity index (χ3v) is 6.88. The lowest BCUT2D eigenvalue weighted by molar-refractivity contribution is -0.00927. The van der Waals surface area contributed by atoms with Gasteiger partial charge in [0, 0.05) is 49.7 Å². The largest absolute Gasteiger partial charge is 0.479 e. The van der Waals surface area contributed by atoms with Crippen molar-refractivity contribution < 1.29 is 20.5 Å². The van der Waals surface area contributed by atoms with E-state index >= 15 is 0 Å². The standard InChI is InChI=1S/C27H27Cl2N3O4.H2/c1-26(2,3)36-25(34)30-20-15-17(28)6-8-19(20)24(33)31-13-10-27(11-14-31)23-5-4-12-32(23)21-9-7-18(29)16-22(21)35-27;/h4-9,12,15-16H,10-11,13-14H2,1-3H3,(H,30,34);1H. The van der Waals surface area contributed by atoms with Gasteiger partial charge in [-0.25, -0.2) is 4.79 Å². The first-order valence-corrected chi connectivity index (χ1v) is 12.6. The van der Waals surface area contributed by atoms with E-state index in [1.54, 1.807) is 43.9 Å². The molecule has 2 aliphatic rings. The van der Waals surface area contributed by atoms with Crippen LogP contribution in [0.1, 0.15) is 51.1 Å². The molecule has 0 saturated carbocycles. The van der Waals surface area contributed by atoms with Crippen molar-refractivity contribution in [2.75, 3.05) is 18.4 Å². The van der Waals surface area contributed by atoms with Crippen LogP contribution in [0.5, 0.6) is 5.75 Å². The molecule has 5 rings (SSSR count). The molecule has 0 unspecified atom stereocenters. The number of fused-ring (bicyclic) bond motifs is 4. The molecule has 3 heterocycles. The van der Waals surface area contributed by atoms with E-state index in [1.165, 1.54) is 0 Å². The monoisotopic (exact) mass is 529 g/mol. The highest BCUT2D eigenvalue weighted by atomic mass is 35.5. The Kier molecular flexibility index (Phi) is 6.17. The van der Waals surface area contributed by atoms with E-state index in [0.29, 0.717) is 47.2 Å². The topological polar surface area (TPSA) is 72.8 Å². The van der Waals surface area contributed by atoms with Gasteiger partial charge in [0.2, 0.25) is 0 Å². The number of benzene rings is 2. The number of anilines is 1. The van der Waals surface area contributed by atoms with Crippen LogP contribution >= 0.6 is 23.2 Å². The van der Waals surface area contributed by atoms with E-state index in [0.717, 1.165) is 17.1 Å². The highest BCUT2D eigenvalue weighted by Gasteiger charge is 2.45. The van der Waals surface area contributed by atoms with Crippen molar-refractivity contribution in [3.8, 4) is 11.4 Å². The Morgan fingerprint density at radius 2 is 1.75 bits per heavy atom. The number of nitrogens with one attached hydrogen (secondary N) is 1. The summed E-state index contributed by atoms with van der Waals surface area (Å²) in [5.41, 5.74) is 1.44. The predicted octanol–water partition coefficient (Wildman–Crippen LogP) is 6.90. The van der Waals surface area contributed by atoms with E-state index in [4.69, 9.17) is 32.7 Å². The highest BCUT2D eigenvalue weighted by molar-refractivity contribution is 6.31. The minimum absolute atomic E-state index is 0. The first kappa shape index (κ1) is 24.5. The van der Waals surface area contributed by atoms with Gasteiger partial charge in [-0.3, -0.25) is 10.1 Å². The van der Waals surface area contributed by atoms with Gasteiger partial charge >= 0.3 is 6.09 Å². The Bertz CT molecular complexity index is 1340. The molecule has 0 radical (unpaired) electrons. The molecular formula is C27H29Cl2N3O4. The van der Waals surface area contributed by atoms with Crippen LogP contribution in [-0.2, 0) is 10.3 Å². The van der Waals surface area contributed by atoms with Gasteiger partial charge < -0.3 is 18.9 Å². The van der Waals surface area contributed by atoms with Crippen LogP contribution in [0, 0.1) is 0 Å². The number of carbonyl (C=O) groups is 2. The van der Waals surface area contributed by atoms with Crippen molar-refractivity contribution >= 4 is 40.9 Å². The third-order valence-electron chi connectivity index (χ3n) is 6.41. The van der Waals surface area contributed by atoms with Gasteiger partial charge in [0.05, 0.1) is 22.6 Å². The molecule has 190 valence electrons. The smallest absolute Gasteiger partial charge is 0.412 e. The molecule has 9 heteroatoms. The van der Waals surface area contributed by atoms with Gasteiger partial charge in [0.15, 0.2) is 5.60 Å². The summed E-state index contributed by atoms with van der Waals surface area (Å²) >= 11 is 12.4. The van der Waals surface area contributed by atoms with Crippen molar-refractivity contribution in [3.63, 3.8) is 0 Å². The molecule has 0 aliphatic carbocycles. The first-order valence-electron chi connectivity index (χ1n) is 11.8. The van der Waals surface area contributed by atoms with Crippen LogP contribution in [0.2, 0.25) is 10.0 Å². The number of likely N-dealkylation sites (tertiary alicyclic amines) is 1. The number of hydrogen-bond donors (Lipinski definition) is 1. The fraction of sp³-hybridized carbons (Fsp3) is 0.333. The van der Waals surface area contributed by atoms with Crippen LogP contribution in [0.15, 0.2) is 54.7 Å². The second-order valence-corrected chi connectivity index (χ2v) is 11.0. The number of halogens is 2. The summed E-state index contributed by atoms with van der Waals surface area (Å²) in [6.45, 7) is 6.28. The Hall–Kier alpha value is -3.16. The summed E-state index contributed by atoms with van der Waals surface area (Å²) in [4.78, 5) is 27.7. The lowest BCUT2D eigenvalue weighted by atomic mass is 9.86. The Labute approximate surface area is 221 Å². The lowest BCUT2D eigenvalue weighted by Crippen LogP contribution is -2.50. The normalized spacial score (nSPS) is 16.1. The molecular weight excluding hydrogens is 501 g/mol. The number of piperidine rings is 1. The molecule has 1 aromatic heterocycles. The zero-order chi connectivity index (χ0) is 25.7. The molecule has 36 heavy (non-hydrogen) atoms. The summed E-state index contributed by atoms with van der Waals surface area (Å²) in [5.74, 6) is 0.537. The molecule has 1 fully saturated rings. The van der Waals surface area contributed by atoms with Crippen molar-refractivity contribution in [2.24, 2.45) is 0 Å². The second kappa shape index (κ2) is 9.05. The van der Waals surface area contributed by atoms with Gasteiger partial charge in [0.1, 0.15) is 11.4 Å². The van der Waals surface area contributed by atoms with E-state index in [1.807, 2.05) is 30.5 Å². The number of carbonyl (C=O) groups excluding carboxylic acids is 2. The van der Waals surface area contributed by atoms with Crippen molar-refractivity contribution in [1.82, 2.24) is 9.47 Å². The number of aromatic nitrogens is 1. The SMILES string of the molecule is CC(C)(C)OC(=O)Nc1cc(Cl)ccc1C(=O)N1CCC2(CC1)Oc1cc(Cl)ccc1-n1cccc12.[HH]. The minimum atomic E-state index is -0.672. The zero-order valence-electron chi connectivity index (χ0n) is 20.3. The maximum Gasteiger partial charge on any atom is 0.412 e. The van der Waals surface area contributed by atoms with Crippen LogP contribution in [0.3, 0.4) is 0 Å². The third kappa shape index (κ3) is 4.65. The number of nitrogens with zero attached hydrogens (tertiary/aromatic N) is 2. The highest BCUT2D eigenvalue weighted by Crippen LogP contribution is 2.46. The average molecular weight is 530 g/mol. The molecule has 2 aliphatic heterocycles. The van der Waals surface area contributed by atoms with E-state index in [2.05, 4.69) is 16.0 Å². The summed E-state index contributed by atoms with van der Waals surface area (Å²) in [6.07, 6.45) is 2.59. The second-order valence-electron chi connectivity index (χ2n) is 10.1. The minimum Gasteiger partial charge on any atom is -0.479 e. The Morgan fingerprint density at radius 1 is 1.06 bits per heavy atom. The van der Waals surface area contributed by atoms with Crippen LogP contribution in [0.4, 0.5) is 10.5 Å². The molecule has 2 aromatic carbocycles. The molecule has 1 spiro atoms. The van der Waals surface area contributed by atoms with Crippen molar-refractivity contribution in [1.29, 1.82) is 0 Å². The summed E-state index contributed by atoms with van der Waals surface area (Å²) in [7, 11) is 0. The lowest BCUT2D eigenvalue weighted by Gasteiger charge is -2.45. The maximum atomic E-state index is 13.5. The molecule has 1 saturated heterocycles. The zero-order valence-corrected chi connectivity index (χ0v) is 21.8. The van der Waals surface area contributed by atoms with Crippen LogP contribution < -0.4 is 10.1 Å². The molecule has 1 N–H and O–H groups in total. The average Bonchev–Trinajstić information content (AvgIpc) is 3.29. The van der Waals surface area contributed by atoms with E-state index in [9.17, 15) is 9.59 Å². The van der Waals surface area contributed by atoms with Crippen LogP contribution in [0.25, 0.3) is 5.69 Å². The van der Waals surface area contributed by atoms with Crippen LogP contribution in [-0.4, -0.2) is 40.2 Å². The number of rotatable bonds is 2. The summed E-state index contributed by atoms with van der Waals surface area (Å²) in [5, 5.41) is 3.69. The molecule has 0 bridgehead atoms.